The zero-order valence-corrected chi connectivity index (χ0v) is 9.75. The minimum Gasteiger partial charge on any atom is -0.464 e. The van der Waals surface area contributed by atoms with E-state index in [2.05, 4.69) is 12.2 Å². The van der Waals surface area contributed by atoms with E-state index in [0.717, 1.165) is 12.2 Å². The molecule has 1 aromatic rings. The first-order valence-corrected chi connectivity index (χ1v) is 5.80. The van der Waals surface area contributed by atoms with Crippen LogP contribution >= 0.6 is 0 Å². The highest BCUT2D eigenvalue weighted by Gasteiger charge is 2.36. The molecular formula is C12H17F2NO2. The molecule has 0 radical (unpaired) electrons. The van der Waals surface area contributed by atoms with Crippen molar-refractivity contribution in [3.05, 3.63) is 23.7 Å². The Labute approximate surface area is 98.8 Å². The normalized spacial score (nSPS) is 24.0. The largest absolute Gasteiger partial charge is 0.464 e. The van der Waals surface area contributed by atoms with Crippen molar-refractivity contribution < 1.29 is 18.3 Å². The molecule has 0 saturated heterocycles. The second kappa shape index (κ2) is 4.74. The van der Waals surface area contributed by atoms with E-state index in [-0.39, 0.29) is 6.54 Å². The van der Waals surface area contributed by atoms with Gasteiger partial charge in [-0.1, -0.05) is 6.92 Å². The average Bonchev–Trinajstić information content (AvgIpc) is 2.83. The summed E-state index contributed by atoms with van der Waals surface area (Å²) >= 11 is 0. The van der Waals surface area contributed by atoms with Crippen molar-refractivity contribution in [1.29, 1.82) is 0 Å². The van der Waals surface area contributed by atoms with Gasteiger partial charge >= 0.3 is 0 Å². The Bertz CT molecular complexity index is 378. The van der Waals surface area contributed by atoms with Crippen molar-refractivity contribution in [2.75, 3.05) is 13.2 Å². The molecule has 0 bridgehead atoms. The van der Waals surface area contributed by atoms with Crippen LogP contribution in [0.25, 0.3) is 0 Å². The highest BCUT2D eigenvalue weighted by molar-refractivity contribution is 5.17. The van der Waals surface area contributed by atoms with Crippen LogP contribution < -0.4 is 5.32 Å². The van der Waals surface area contributed by atoms with Gasteiger partial charge in [0.25, 0.3) is 5.92 Å². The molecule has 2 unspecified atom stereocenters. The van der Waals surface area contributed by atoms with Gasteiger partial charge in [0, 0.05) is 5.92 Å². The lowest BCUT2D eigenvalue weighted by atomic mass is 10.3. The molecule has 1 aliphatic carbocycles. The second-order valence-electron chi connectivity index (χ2n) is 4.74. The van der Waals surface area contributed by atoms with Crippen molar-refractivity contribution in [1.82, 2.24) is 5.32 Å². The van der Waals surface area contributed by atoms with Gasteiger partial charge in [0.1, 0.15) is 18.1 Å². The molecule has 2 rings (SSSR count). The van der Waals surface area contributed by atoms with Crippen LogP contribution in [0.3, 0.4) is 0 Å². The van der Waals surface area contributed by atoms with Crippen LogP contribution in [0.15, 0.2) is 16.5 Å². The molecule has 3 nitrogen and oxygen atoms in total. The van der Waals surface area contributed by atoms with Crippen LogP contribution in [0.4, 0.5) is 8.78 Å². The molecule has 1 aromatic heterocycles. The lowest BCUT2D eigenvalue weighted by Crippen LogP contribution is -2.35. The van der Waals surface area contributed by atoms with E-state index >= 15 is 0 Å². The van der Waals surface area contributed by atoms with Crippen molar-refractivity contribution in [2.24, 2.45) is 5.92 Å². The Balaban J connectivity index is 1.78. The van der Waals surface area contributed by atoms with Gasteiger partial charge in [0.05, 0.1) is 13.1 Å². The number of aliphatic hydroxyl groups excluding tert-OH is 1. The highest BCUT2D eigenvalue weighted by atomic mass is 19.3. The van der Waals surface area contributed by atoms with Crippen LogP contribution in [0.5, 0.6) is 0 Å². The Kier molecular flexibility index (Phi) is 3.49. The number of aliphatic hydroxyl groups is 1. The minimum absolute atomic E-state index is 0.261. The van der Waals surface area contributed by atoms with Crippen molar-refractivity contribution >= 4 is 0 Å². The fourth-order valence-electron chi connectivity index (χ4n) is 1.83. The average molecular weight is 245 g/mol. The number of furan rings is 1. The van der Waals surface area contributed by atoms with E-state index in [1.54, 1.807) is 0 Å². The molecule has 1 aliphatic rings. The molecule has 2 N–H and O–H groups in total. The van der Waals surface area contributed by atoms with E-state index < -0.39 is 19.1 Å². The molecule has 0 amide bonds. The van der Waals surface area contributed by atoms with Crippen LogP contribution in [0, 0.1) is 5.92 Å². The maximum absolute atomic E-state index is 12.7. The molecular weight excluding hydrogens is 228 g/mol. The van der Waals surface area contributed by atoms with Crippen LogP contribution in [0.1, 0.15) is 30.8 Å². The predicted octanol–water partition coefficient (Wildman–Crippen LogP) is 2.12. The molecule has 0 aliphatic heterocycles. The number of hydrogen-bond donors (Lipinski definition) is 2. The lowest BCUT2D eigenvalue weighted by Gasteiger charge is -2.12. The van der Waals surface area contributed by atoms with Gasteiger partial charge < -0.3 is 14.8 Å². The summed E-state index contributed by atoms with van der Waals surface area (Å²) in [5.74, 6) is -0.292. The van der Waals surface area contributed by atoms with Gasteiger partial charge in [-0.15, -0.1) is 0 Å². The number of halogens is 2. The van der Waals surface area contributed by atoms with E-state index in [1.807, 2.05) is 12.1 Å². The topological polar surface area (TPSA) is 45.4 Å². The molecule has 0 spiro atoms. The summed E-state index contributed by atoms with van der Waals surface area (Å²) in [5, 5.41) is 11.0. The zero-order chi connectivity index (χ0) is 12.5. The maximum atomic E-state index is 12.7. The van der Waals surface area contributed by atoms with Crippen LogP contribution in [-0.2, 0) is 6.54 Å². The fraction of sp³-hybridized carbons (Fsp3) is 0.667. The number of nitrogens with one attached hydrogen (secondary N) is 1. The number of hydrogen-bond acceptors (Lipinski definition) is 3. The smallest absolute Gasteiger partial charge is 0.282 e. The molecule has 96 valence electrons. The summed E-state index contributed by atoms with van der Waals surface area (Å²) in [6.45, 7) is 0.742. The number of alkyl halides is 2. The summed E-state index contributed by atoms with van der Waals surface area (Å²) in [5.41, 5.74) is 0. The molecule has 1 fully saturated rings. The first-order chi connectivity index (χ1) is 8.02. The standard InChI is InChI=1S/C12H17F2NO2/c1-8-4-10(8)11-3-2-9(17-11)5-15-6-12(13,14)7-16/h2-3,8,10,15-16H,4-7H2,1H3. The predicted molar refractivity (Wildman–Crippen MR) is 59.0 cm³/mol. The molecule has 17 heavy (non-hydrogen) atoms. The SMILES string of the molecule is CC1CC1c1ccc(CNCC(F)(F)CO)o1. The molecule has 2 atom stereocenters. The van der Waals surface area contributed by atoms with Crippen molar-refractivity contribution in [3.8, 4) is 0 Å². The molecule has 1 heterocycles. The summed E-state index contributed by atoms with van der Waals surface area (Å²) in [6.07, 6.45) is 1.14. The minimum atomic E-state index is -3.07. The Morgan fingerprint density at radius 2 is 2.24 bits per heavy atom. The Morgan fingerprint density at radius 3 is 2.82 bits per heavy atom. The maximum Gasteiger partial charge on any atom is 0.282 e. The number of rotatable bonds is 6. The van der Waals surface area contributed by atoms with Gasteiger partial charge in [-0.2, -0.15) is 0 Å². The summed E-state index contributed by atoms with van der Waals surface area (Å²) in [7, 11) is 0. The lowest BCUT2D eigenvalue weighted by molar-refractivity contribution is -0.0479. The highest BCUT2D eigenvalue weighted by Crippen LogP contribution is 2.47. The van der Waals surface area contributed by atoms with Crippen molar-refractivity contribution in [3.63, 3.8) is 0 Å². The van der Waals surface area contributed by atoms with Gasteiger partial charge in [-0.05, 0) is 24.5 Å². The van der Waals surface area contributed by atoms with Gasteiger partial charge in [0.2, 0.25) is 0 Å². The summed E-state index contributed by atoms with van der Waals surface area (Å²) in [4.78, 5) is 0. The van der Waals surface area contributed by atoms with Gasteiger partial charge in [-0.3, -0.25) is 0 Å². The van der Waals surface area contributed by atoms with Crippen LogP contribution in [-0.4, -0.2) is 24.2 Å². The summed E-state index contributed by atoms with van der Waals surface area (Å²) < 4.78 is 31.0. The van der Waals surface area contributed by atoms with Crippen molar-refractivity contribution in [2.45, 2.75) is 31.7 Å². The molecule has 0 aromatic carbocycles. The van der Waals surface area contributed by atoms with E-state index in [4.69, 9.17) is 9.52 Å². The second-order valence-corrected chi connectivity index (χ2v) is 4.74. The van der Waals surface area contributed by atoms with E-state index in [9.17, 15) is 8.78 Å². The van der Waals surface area contributed by atoms with Crippen LogP contribution in [0.2, 0.25) is 0 Å². The molecule has 1 saturated carbocycles. The quantitative estimate of drug-likeness (QED) is 0.807. The third kappa shape index (κ3) is 3.26. The fourth-order valence-corrected chi connectivity index (χ4v) is 1.83. The van der Waals surface area contributed by atoms with E-state index in [1.165, 1.54) is 0 Å². The van der Waals surface area contributed by atoms with Gasteiger partial charge in [0.15, 0.2) is 0 Å². The first-order valence-electron chi connectivity index (χ1n) is 5.80. The third-order valence-electron chi connectivity index (χ3n) is 3.07. The van der Waals surface area contributed by atoms with E-state index in [0.29, 0.717) is 17.6 Å². The monoisotopic (exact) mass is 245 g/mol. The molecule has 5 heteroatoms. The van der Waals surface area contributed by atoms with Gasteiger partial charge in [-0.25, -0.2) is 8.78 Å². The summed E-state index contributed by atoms with van der Waals surface area (Å²) in [6, 6.07) is 3.72. The zero-order valence-electron chi connectivity index (χ0n) is 9.75. The Hall–Kier alpha value is -0.940. The first kappa shape index (κ1) is 12.5. The third-order valence-corrected chi connectivity index (χ3v) is 3.07. The Morgan fingerprint density at radius 1 is 1.53 bits per heavy atom.